The second-order valence-corrected chi connectivity index (χ2v) is 7.49. The number of likely N-dealkylation sites (tertiary alicyclic amines) is 1. The zero-order valence-corrected chi connectivity index (χ0v) is 15.6. The highest BCUT2D eigenvalue weighted by atomic mass is 19.1. The number of fused-ring (bicyclic) bond motifs is 1. The number of benzene rings is 1. The Kier molecular flexibility index (Phi) is 5.21. The van der Waals surface area contributed by atoms with E-state index in [1.165, 1.54) is 28.8 Å². The molecule has 28 heavy (non-hydrogen) atoms. The minimum absolute atomic E-state index is 0.0527. The molecular weight excluding hydrogens is 363 g/mol. The Hall–Kier alpha value is -2.61. The van der Waals surface area contributed by atoms with E-state index in [-0.39, 0.29) is 23.2 Å². The Morgan fingerprint density at radius 3 is 2.50 bits per heavy atom. The van der Waals surface area contributed by atoms with Gasteiger partial charge >= 0.3 is 11.4 Å². The van der Waals surface area contributed by atoms with E-state index in [1.54, 1.807) is 4.57 Å². The highest BCUT2D eigenvalue weighted by Crippen LogP contribution is 2.22. The third kappa shape index (κ3) is 3.69. The van der Waals surface area contributed by atoms with Gasteiger partial charge in [0.2, 0.25) is 0 Å². The number of halogens is 1. The summed E-state index contributed by atoms with van der Waals surface area (Å²) in [6.45, 7) is 2.96. The lowest BCUT2D eigenvalue weighted by Crippen LogP contribution is -2.45. The van der Waals surface area contributed by atoms with Crippen LogP contribution in [0.1, 0.15) is 35.4 Å². The SMILES string of the molecule is O=C(c1ccc(F)cc1)C1CCN(CCn2c(=O)nc3n(c2=O)CCC3)CC1. The van der Waals surface area contributed by atoms with Gasteiger partial charge in [0.25, 0.3) is 0 Å². The molecule has 0 spiro atoms. The Balaban J connectivity index is 1.34. The topological polar surface area (TPSA) is 77.2 Å². The third-order valence-corrected chi connectivity index (χ3v) is 5.74. The van der Waals surface area contributed by atoms with Gasteiger partial charge in [0, 0.05) is 37.5 Å². The maximum absolute atomic E-state index is 13.0. The molecule has 2 aliphatic heterocycles. The normalized spacial score (nSPS) is 17.6. The van der Waals surface area contributed by atoms with Crippen molar-refractivity contribution in [3.8, 4) is 0 Å². The highest BCUT2D eigenvalue weighted by molar-refractivity contribution is 5.97. The van der Waals surface area contributed by atoms with Crippen LogP contribution >= 0.6 is 0 Å². The molecular formula is C20H23FN4O3. The lowest BCUT2D eigenvalue weighted by atomic mass is 9.89. The van der Waals surface area contributed by atoms with Crippen LogP contribution in [0.4, 0.5) is 4.39 Å². The van der Waals surface area contributed by atoms with Gasteiger partial charge in [-0.3, -0.25) is 9.36 Å². The molecule has 2 aliphatic rings. The number of nitrogens with zero attached hydrogens (tertiary/aromatic N) is 4. The Labute approximate surface area is 161 Å². The van der Waals surface area contributed by atoms with Crippen molar-refractivity contribution >= 4 is 5.78 Å². The summed E-state index contributed by atoms with van der Waals surface area (Å²) >= 11 is 0. The molecule has 0 saturated carbocycles. The fourth-order valence-corrected chi connectivity index (χ4v) is 4.08. The number of Topliss-reactive ketones (excluding diaryl/α,β-unsaturated/α-hetero) is 1. The fraction of sp³-hybridized carbons (Fsp3) is 0.500. The molecule has 1 aromatic heterocycles. The quantitative estimate of drug-likeness (QED) is 0.719. The number of rotatable bonds is 5. The number of ketones is 1. The molecule has 0 unspecified atom stereocenters. The van der Waals surface area contributed by atoms with E-state index in [9.17, 15) is 18.8 Å². The van der Waals surface area contributed by atoms with Gasteiger partial charge < -0.3 is 4.90 Å². The van der Waals surface area contributed by atoms with Crippen LogP contribution in [0.3, 0.4) is 0 Å². The number of carbonyl (C=O) groups excluding carboxylic acids is 1. The van der Waals surface area contributed by atoms with Crippen molar-refractivity contribution in [2.24, 2.45) is 5.92 Å². The predicted octanol–water partition coefficient (Wildman–Crippen LogP) is 1.09. The Morgan fingerprint density at radius 1 is 1.07 bits per heavy atom. The van der Waals surface area contributed by atoms with E-state index in [0.29, 0.717) is 50.3 Å². The maximum Gasteiger partial charge on any atom is 0.353 e. The molecule has 0 bridgehead atoms. The lowest BCUT2D eigenvalue weighted by molar-refractivity contribution is 0.0837. The number of hydrogen-bond donors (Lipinski definition) is 0. The van der Waals surface area contributed by atoms with Gasteiger partial charge in [-0.05, 0) is 56.6 Å². The van der Waals surface area contributed by atoms with E-state index in [0.717, 1.165) is 19.5 Å². The van der Waals surface area contributed by atoms with Crippen molar-refractivity contribution in [2.45, 2.75) is 38.8 Å². The van der Waals surface area contributed by atoms with Crippen molar-refractivity contribution in [3.63, 3.8) is 0 Å². The zero-order chi connectivity index (χ0) is 19.7. The van der Waals surface area contributed by atoms with E-state index < -0.39 is 5.69 Å². The van der Waals surface area contributed by atoms with Gasteiger partial charge in [-0.15, -0.1) is 0 Å². The molecule has 1 aromatic carbocycles. The van der Waals surface area contributed by atoms with E-state index >= 15 is 0 Å². The largest absolute Gasteiger partial charge is 0.353 e. The maximum atomic E-state index is 13.0. The molecule has 0 atom stereocenters. The van der Waals surface area contributed by atoms with Gasteiger partial charge in [-0.1, -0.05) is 0 Å². The molecule has 8 heteroatoms. The summed E-state index contributed by atoms with van der Waals surface area (Å²) in [5, 5.41) is 0. The van der Waals surface area contributed by atoms with Crippen molar-refractivity contribution in [1.29, 1.82) is 0 Å². The van der Waals surface area contributed by atoms with Crippen LogP contribution < -0.4 is 11.4 Å². The molecule has 0 radical (unpaired) electrons. The van der Waals surface area contributed by atoms with Gasteiger partial charge in [0.1, 0.15) is 11.6 Å². The Bertz CT molecular complexity index is 988. The Morgan fingerprint density at radius 2 is 1.79 bits per heavy atom. The van der Waals surface area contributed by atoms with E-state index in [4.69, 9.17) is 0 Å². The van der Waals surface area contributed by atoms with Crippen LogP contribution in [0.15, 0.2) is 33.9 Å². The predicted molar refractivity (Wildman–Crippen MR) is 101 cm³/mol. The minimum atomic E-state index is -0.473. The first-order valence-electron chi connectivity index (χ1n) is 9.75. The van der Waals surface area contributed by atoms with Crippen LogP contribution in [0, 0.1) is 11.7 Å². The summed E-state index contributed by atoms with van der Waals surface area (Å²) in [6.07, 6.45) is 2.96. The first-order chi connectivity index (χ1) is 13.5. The average Bonchev–Trinajstić information content (AvgIpc) is 3.17. The summed E-state index contributed by atoms with van der Waals surface area (Å²) in [5.74, 6) is 0.221. The van der Waals surface area contributed by atoms with Gasteiger partial charge in [-0.2, -0.15) is 4.98 Å². The molecule has 2 aromatic rings. The molecule has 1 fully saturated rings. The van der Waals surface area contributed by atoms with Crippen molar-refractivity contribution < 1.29 is 9.18 Å². The zero-order valence-electron chi connectivity index (χ0n) is 15.6. The number of aromatic nitrogens is 3. The summed E-state index contributed by atoms with van der Waals surface area (Å²) in [4.78, 5) is 43.4. The number of hydrogen-bond acceptors (Lipinski definition) is 5. The smallest absolute Gasteiger partial charge is 0.302 e. The van der Waals surface area contributed by atoms with Crippen molar-refractivity contribution in [2.75, 3.05) is 19.6 Å². The first kappa shape index (κ1) is 18.7. The standard InChI is InChI=1S/C20H23FN4O3/c21-16-5-3-14(4-6-16)18(26)15-7-10-23(11-8-15)12-13-25-19(27)22-17-2-1-9-24(17)20(25)28/h3-6,15H,1-2,7-13H2. The van der Waals surface area contributed by atoms with Crippen LogP contribution in [-0.2, 0) is 19.5 Å². The summed E-state index contributed by atoms with van der Waals surface area (Å²) in [6, 6.07) is 5.68. The molecule has 0 amide bonds. The molecule has 148 valence electrons. The second kappa shape index (κ2) is 7.79. The summed E-state index contributed by atoms with van der Waals surface area (Å²) in [5.41, 5.74) is -0.197. The average molecular weight is 386 g/mol. The molecule has 4 rings (SSSR count). The van der Waals surface area contributed by atoms with Crippen LogP contribution in [0.2, 0.25) is 0 Å². The van der Waals surface area contributed by atoms with Crippen LogP contribution in [0.5, 0.6) is 0 Å². The van der Waals surface area contributed by atoms with Crippen LogP contribution in [-0.4, -0.2) is 44.4 Å². The number of carbonyl (C=O) groups is 1. The molecule has 3 heterocycles. The number of piperidine rings is 1. The molecule has 7 nitrogen and oxygen atoms in total. The lowest BCUT2D eigenvalue weighted by Gasteiger charge is -2.31. The summed E-state index contributed by atoms with van der Waals surface area (Å²) in [7, 11) is 0. The van der Waals surface area contributed by atoms with Crippen molar-refractivity contribution in [3.05, 3.63) is 62.4 Å². The van der Waals surface area contributed by atoms with Gasteiger partial charge in [-0.25, -0.2) is 18.5 Å². The first-order valence-corrected chi connectivity index (χ1v) is 9.75. The fourth-order valence-electron chi connectivity index (χ4n) is 4.08. The molecule has 0 N–H and O–H groups in total. The minimum Gasteiger partial charge on any atom is -0.302 e. The highest BCUT2D eigenvalue weighted by Gasteiger charge is 2.26. The van der Waals surface area contributed by atoms with Crippen LogP contribution in [0.25, 0.3) is 0 Å². The second-order valence-electron chi connectivity index (χ2n) is 7.49. The van der Waals surface area contributed by atoms with Crippen molar-refractivity contribution in [1.82, 2.24) is 19.0 Å². The van der Waals surface area contributed by atoms with E-state index in [2.05, 4.69) is 9.88 Å². The van der Waals surface area contributed by atoms with E-state index in [1.807, 2.05) is 0 Å². The van der Waals surface area contributed by atoms with Gasteiger partial charge in [0.05, 0.1) is 0 Å². The third-order valence-electron chi connectivity index (χ3n) is 5.74. The van der Waals surface area contributed by atoms with Gasteiger partial charge in [0.15, 0.2) is 5.78 Å². The monoisotopic (exact) mass is 386 g/mol. The molecule has 0 aliphatic carbocycles. The summed E-state index contributed by atoms with van der Waals surface area (Å²) < 4.78 is 15.8. The number of aryl methyl sites for hydroxylation is 1. The molecule has 1 saturated heterocycles.